The third-order valence-corrected chi connectivity index (χ3v) is 3.38. The lowest BCUT2D eigenvalue weighted by molar-refractivity contribution is 0.0843. The van der Waals surface area contributed by atoms with Gasteiger partial charge in [-0.2, -0.15) is 0 Å². The normalized spacial score (nSPS) is 11.7. The van der Waals surface area contributed by atoms with E-state index >= 15 is 0 Å². The van der Waals surface area contributed by atoms with E-state index in [4.69, 9.17) is 4.74 Å². The molecule has 0 saturated heterocycles. The van der Waals surface area contributed by atoms with Gasteiger partial charge in [0, 0.05) is 31.9 Å². The number of benzene rings is 2. The summed E-state index contributed by atoms with van der Waals surface area (Å²) in [5, 5.41) is 12.5. The zero-order valence-corrected chi connectivity index (χ0v) is 13.7. The molecule has 128 valence electrons. The topological polar surface area (TPSA) is 61.8 Å². The first-order valence-corrected chi connectivity index (χ1v) is 7.57. The van der Waals surface area contributed by atoms with Gasteiger partial charge in [-0.15, -0.1) is 0 Å². The first-order chi connectivity index (χ1) is 11.5. The largest absolute Gasteiger partial charge is 0.491 e. The molecular weight excluding hydrogens is 311 g/mol. The Bertz CT molecular complexity index is 674. The Morgan fingerprint density at radius 3 is 2.62 bits per heavy atom. The van der Waals surface area contributed by atoms with Gasteiger partial charge in [0.1, 0.15) is 24.3 Å². The molecule has 0 aliphatic heterocycles. The molecule has 2 N–H and O–H groups in total. The van der Waals surface area contributed by atoms with E-state index in [-0.39, 0.29) is 24.9 Å². The number of carbonyl (C=O) groups excluding carboxylic acids is 1. The van der Waals surface area contributed by atoms with Gasteiger partial charge in [-0.3, -0.25) is 4.79 Å². The van der Waals surface area contributed by atoms with Crippen LogP contribution in [0.25, 0.3) is 0 Å². The van der Waals surface area contributed by atoms with Crippen molar-refractivity contribution in [2.75, 3.05) is 32.1 Å². The summed E-state index contributed by atoms with van der Waals surface area (Å²) < 4.78 is 18.1. The third kappa shape index (κ3) is 5.24. The minimum absolute atomic E-state index is 0.00362. The van der Waals surface area contributed by atoms with Gasteiger partial charge in [0.2, 0.25) is 0 Å². The molecule has 0 heterocycles. The Morgan fingerprint density at radius 1 is 1.25 bits per heavy atom. The summed E-state index contributed by atoms with van der Waals surface area (Å²) >= 11 is 0. The molecule has 2 aromatic carbocycles. The molecule has 24 heavy (non-hydrogen) atoms. The lowest BCUT2D eigenvalue weighted by atomic mass is 10.2. The number of ether oxygens (including phenoxy) is 1. The van der Waals surface area contributed by atoms with Crippen molar-refractivity contribution in [3.63, 3.8) is 0 Å². The maximum atomic E-state index is 12.8. The third-order valence-electron chi connectivity index (χ3n) is 3.38. The van der Waals surface area contributed by atoms with E-state index in [0.717, 1.165) is 5.69 Å². The van der Waals surface area contributed by atoms with Crippen LogP contribution < -0.4 is 15.0 Å². The van der Waals surface area contributed by atoms with Gasteiger partial charge in [-0.25, -0.2) is 4.39 Å². The molecule has 0 fully saturated rings. The molecule has 5 nitrogen and oxygen atoms in total. The summed E-state index contributed by atoms with van der Waals surface area (Å²) in [4.78, 5) is 14.0. The quantitative estimate of drug-likeness (QED) is 0.815. The maximum Gasteiger partial charge on any atom is 0.251 e. The van der Waals surface area contributed by atoms with Crippen molar-refractivity contribution in [1.82, 2.24) is 5.32 Å². The van der Waals surface area contributed by atoms with E-state index in [1.165, 1.54) is 24.3 Å². The lowest BCUT2D eigenvalue weighted by Crippen LogP contribution is -2.35. The molecule has 0 aromatic heterocycles. The number of aliphatic hydroxyl groups excluding tert-OH is 1. The minimum atomic E-state index is -0.865. The number of anilines is 1. The number of nitrogens with zero attached hydrogens (tertiary/aromatic N) is 1. The molecule has 2 rings (SSSR count). The van der Waals surface area contributed by atoms with Crippen molar-refractivity contribution in [1.29, 1.82) is 0 Å². The van der Waals surface area contributed by atoms with Crippen LogP contribution in [0.4, 0.5) is 10.1 Å². The van der Waals surface area contributed by atoms with Crippen LogP contribution in [0.5, 0.6) is 5.75 Å². The van der Waals surface area contributed by atoms with Crippen LogP contribution in [-0.2, 0) is 0 Å². The highest BCUT2D eigenvalue weighted by molar-refractivity contribution is 5.95. The van der Waals surface area contributed by atoms with Gasteiger partial charge >= 0.3 is 0 Å². The smallest absolute Gasteiger partial charge is 0.251 e. The number of halogens is 1. The van der Waals surface area contributed by atoms with E-state index in [1.807, 2.05) is 25.1 Å². The van der Waals surface area contributed by atoms with Crippen LogP contribution in [0.2, 0.25) is 0 Å². The summed E-state index contributed by atoms with van der Waals surface area (Å²) in [6, 6.07) is 12.7. The van der Waals surface area contributed by atoms with E-state index < -0.39 is 6.10 Å². The predicted molar refractivity (Wildman–Crippen MR) is 91.0 cm³/mol. The van der Waals surface area contributed by atoms with Gasteiger partial charge in [0.25, 0.3) is 5.91 Å². The first-order valence-electron chi connectivity index (χ1n) is 7.57. The van der Waals surface area contributed by atoms with Crippen molar-refractivity contribution in [3.05, 3.63) is 59.9 Å². The fourth-order valence-corrected chi connectivity index (χ4v) is 2.02. The van der Waals surface area contributed by atoms with E-state index in [1.54, 1.807) is 18.2 Å². The monoisotopic (exact) mass is 332 g/mol. The van der Waals surface area contributed by atoms with Crippen molar-refractivity contribution in [2.24, 2.45) is 0 Å². The Balaban J connectivity index is 1.80. The number of aliphatic hydroxyl groups is 1. The molecule has 0 saturated carbocycles. The van der Waals surface area contributed by atoms with Crippen LogP contribution in [-0.4, -0.2) is 44.4 Å². The second kappa shape index (κ2) is 8.31. The molecule has 0 unspecified atom stereocenters. The minimum Gasteiger partial charge on any atom is -0.491 e. The van der Waals surface area contributed by atoms with E-state index in [9.17, 15) is 14.3 Å². The average molecular weight is 332 g/mol. The van der Waals surface area contributed by atoms with Crippen LogP contribution in [0.15, 0.2) is 48.5 Å². The molecule has 0 bridgehead atoms. The molecular formula is C18H21FN2O3. The summed E-state index contributed by atoms with van der Waals surface area (Å²) in [6.45, 7) is 0.0653. The fraction of sp³-hybridized carbons (Fsp3) is 0.278. The summed E-state index contributed by atoms with van der Waals surface area (Å²) in [5.41, 5.74) is 1.44. The number of rotatable bonds is 7. The Morgan fingerprint density at radius 2 is 1.96 bits per heavy atom. The molecule has 6 heteroatoms. The zero-order valence-electron chi connectivity index (χ0n) is 13.7. The first kappa shape index (κ1) is 17.7. The van der Waals surface area contributed by atoms with Crippen molar-refractivity contribution in [3.8, 4) is 5.75 Å². The standard InChI is InChI=1S/C18H21FN2O3/c1-21(2)15-5-3-4-13(10-15)18(23)20-11-16(22)12-24-17-8-6-14(19)7-9-17/h3-10,16,22H,11-12H2,1-2H3,(H,20,23)/t16-/m1/s1. The van der Waals surface area contributed by atoms with Gasteiger partial charge in [-0.1, -0.05) is 6.07 Å². The second-order valence-corrected chi connectivity index (χ2v) is 5.57. The summed E-state index contributed by atoms with van der Waals surface area (Å²) in [5.74, 6) is -0.157. The van der Waals surface area contributed by atoms with Crippen LogP contribution >= 0.6 is 0 Å². The Hall–Kier alpha value is -2.60. The van der Waals surface area contributed by atoms with Crippen molar-refractivity contribution < 1.29 is 19.0 Å². The molecule has 0 aliphatic carbocycles. The molecule has 0 aliphatic rings. The molecule has 1 amide bonds. The Labute approximate surface area is 140 Å². The van der Waals surface area contributed by atoms with Gasteiger partial charge in [0.05, 0.1) is 0 Å². The highest BCUT2D eigenvalue weighted by Gasteiger charge is 2.11. The highest BCUT2D eigenvalue weighted by Crippen LogP contribution is 2.13. The number of hydrogen-bond donors (Lipinski definition) is 2. The number of hydrogen-bond acceptors (Lipinski definition) is 4. The van der Waals surface area contributed by atoms with Crippen LogP contribution in [0.3, 0.4) is 0 Å². The van der Waals surface area contributed by atoms with Crippen molar-refractivity contribution in [2.45, 2.75) is 6.10 Å². The predicted octanol–water partition coefficient (Wildman–Crippen LogP) is 2.06. The highest BCUT2D eigenvalue weighted by atomic mass is 19.1. The molecule has 1 atom stereocenters. The number of carbonyl (C=O) groups is 1. The van der Waals surface area contributed by atoms with E-state index in [2.05, 4.69) is 5.32 Å². The van der Waals surface area contributed by atoms with Gasteiger partial charge < -0.3 is 20.1 Å². The fourth-order valence-electron chi connectivity index (χ4n) is 2.02. The lowest BCUT2D eigenvalue weighted by Gasteiger charge is -2.15. The summed E-state index contributed by atoms with van der Waals surface area (Å²) in [6.07, 6.45) is -0.865. The second-order valence-electron chi connectivity index (χ2n) is 5.57. The van der Waals surface area contributed by atoms with Crippen LogP contribution in [0, 0.1) is 5.82 Å². The van der Waals surface area contributed by atoms with Crippen molar-refractivity contribution >= 4 is 11.6 Å². The summed E-state index contributed by atoms with van der Waals surface area (Å²) in [7, 11) is 3.79. The SMILES string of the molecule is CN(C)c1cccc(C(=O)NC[C@@H](O)COc2ccc(F)cc2)c1. The zero-order chi connectivity index (χ0) is 17.5. The maximum absolute atomic E-state index is 12.8. The van der Waals surface area contributed by atoms with Gasteiger partial charge in [0.15, 0.2) is 0 Å². The molecule has 0 radical (unpaired) electrons. The Kier molecular flexibility index (Phi) is 6.14. The molecule has 0 spiro atoms. The number of amides is 1. The average Bonchev–Trinajstić information content (AvgIpc) is 2.59. The van der Waals surface area contributed by atoms with Gasteiger partial charge in [-0.05, 0) is 42.5 Å². The number of nitrogens with one attached hydrogen (secondary N) is 1. The molecule has 2 aromatic rings. The van der Waals surface area contributed by atoms with E-state index in [0.29, 0.717) is 11.3 Å². The van der Waals surface area contributed by atoms with Crippen LogP contribution in [0.1, 0.15) is 10.4 Å².